The molecule has 2 aliphatic heterocycles. The lowest BCUT2D eigenvalue weighted by atomic mass is 9.92. The van der Waals surface area contributed by atoms with E-state index >= 15 is 0 Å². The van der Waals surface area contributed by atoms with Gasteiger partial charge in [-0.25, -0.2) is 9.97 Å². The van der Waals surface area contributed by atoms with Gasteiger partial charge < -0.3 is 25.0 Å². The highest BCUT2D eigenvalue weighted by atomic mass is 16.2. The second kappa shape index (κ2) is 9.16. The molecule has 6 rings (SSSR count). The van der Waals surface area contributed by atoms with Gasteiger partial charge >= 0.3 is 0 Å². The summed E-state index contributed by atoms with van der Waals surface area (Å²) < 4.78 is 2.07. The zero-order valence-electron chi connectivity index (χ0n) is 20.8. The van der Waals surface area contributed by atoms with Gasteiger partial charge in [0.05, 0.1) is 18.4 Å². The minimum Gasteiger partial charge on any atom is -0.361 e. The van der Waals surface area contributed by atoms with E-state index in [4.69, 9.17) is 4.98 Å². The number of Topliss-reactive ketones (excluding diaryl/α,β-unsaturated/α-hetero) is 1. The summed E-state index contributed by atoms with van der Waals surface area (Å²) in [5, 5.41) is 7.64. The highest BCUT2D eigenvalue weighted by Gasteiger charge is 2.31. The van der Waals surface area contributed by atoms with Crippen LogP contribution in [-0.2, 0) is 4.79 Å². The zero-order chi connectivity index (χ0) is 24.8. The van der Waals surface area contributed by atoms with Crippen molar-refractivity contribution in [1.29, 1.82) is 0 Å². The Kier molecular flexibility index (Phi) is 5.83. The predicted molar refractivity (Wildman–Crippen MR) is 138 cm³/mol. The van der Waals surface area contributed by atoms with Crippen LogP contribution in [0.3, 0.4) is 0 Å². The number of nitrogens with one attached hydrogen (secondary N) is 2. The molecule has 5 heterocycles. The van der Waals surface area contributed by atoms with E-state index < -0.39 is 0 Å². The third kappa shape index (κ3) is 4.30. The first-order valence-electron chi connectivity index (χ1n) is 12.8. The fourth-order valence-corrected chi connectivity index (χ4v) is 5.52. The molecule has 0 aromatic carbocycles. The number of carbonyl (C=O) groups excluding carboxylic acids is 2. The standard InChI is InChI=1S/C26H32N8O2/c1-32(2)25(36)22-10-16-12-28-26(31-24(16)34(22)19-4-3-5-19)30-23-9-8-20(13-27-23)33-14-18-7-6-17(29-18)11-21(35)15-33/h8-10,12-13,17-19,29H,3-7,11,14-15H2,1-2H3,(H,27,28,30,31). The first-order valence-corrected chi connectivity index (χ1v) is 12.8. The first kappa shape index (κ1) is 22.9. The maximum atomic E-state index is 12.8. The Balaban J connectivity index is 1.23. The van der Waals surface area contributed by atoms with Crippen molar-refractivity contribution in [3.8, 4) is 0 Å². The molecule has 2 bridgehead atoms. The summed E-state index contributed by atoms with van der Waals surface area (Å²) in [6.45, 7) is 1.23. The average Bonchev–Trinajstić information content (AvgIpc) is 3.42. The maximum Gasteiger partial charge on any atom is 0.270 e. The highest BCUT2D eigenvalue weighted by Crippen LogP contribution is 2.36. The van der Waals surface area contributed by atoms with Crippen molar-refractivity contribution in [2.45, 2.75) is 56.7 Å². The van der Waals surface area contributed by atoms with Crippen molar-refractivity contribution in [2.75, 3.05) is 37.4 Å². The average molecular weight is 489 g/mol. The molecule has 1 amide bonds. The van der Waals surface area contributed by atoms with Crippen LogP contribution in [0, 0.1) is 0 Å². The topological polar surface area (TPSA) is 108 Å². The first-order chi connectivity index (χ1) is 17.4. The van der Waals surface area contributed by atoms with Crippen LogP contribution in [0.15, 0.2) is 30.6 Å². The largest absolute Gasteiger partial charge is 0.361 e. The molecule has 3 aromatic rings. The van der Waals surface area contributed by atoms with Crippen LogP contribution in [0.2, 0.25) is 0 Å². The van der Waals surface area contributed by atoms with Crippen LogP contribution >= 0.6 is 0 Å². The Labute approximate surface area is 210 Å². The van der Waals surface area contributed by atoms with Crippen LogP contribution in [0.4, 0.5) is 17.5 Å². The number of nitrogens with zero attached hydrogens (tertiary/aromatic N) is 6. The minimum absolute atomic E-state index is 0.0299. The van der Waals surface area contributed by atoms with Crippen LogP contribution in [0.5, 0.6) is 0 Å². The Hall–Kier alpha value is -3.53. The number of rotatable bonds is 5. The maximum absolute atomic E-state index is 12.8. The molecule has 3 aliphatic rings. The van der Waals surface area contributed by atoms with Gasteiger partial charge in [0.15, 0.2) is 5.78 Å². The van der Waals surface area contributed by atoms with Gasteiger partial charge in [-0.2, -0.15) is 4.98 Å². The summed E-state index contributed by atoms with van der Waals surface area (Å²) >= 11 is 0. The van der Waals surface area contributed by atoms with Crippen molar-refractivity contribution >= 4 is 40.2 Å². The molecule has 2 saturated heterocycles. The molecule has 2 unspecified atom stereocenters. The number of amides is 1. The van der Waals surface area contributed by atoms with Gasteiger partial charge in [-0.3, -0.25) is 9.59 Å². The van der Waals surface area contributed by atoms with E-state index in [1.165, 1.54) is 0 Å². The van der Waals surface area contributed by atoms with Crippen molar-refractivity contribution in [1.82, 2.24) is 29.7 Å². The van der Waals surface area contributed by atoms with Crippen LogP contribution in [0.25, 0.3) is 11.0 Å². The lowest BCUT2D eigenvalue weighted by Crippen LogP contribution is -2.46. The van der Waals surface area contributed by atoms with Gasteiger partial charge in [0.1, 0.15) is 17.2 Å². The smallest absolute Gasteiger partial charge is 0.270 e. The monoisotopic (exact) mass is 488 g/mol. The fourth-order valence-electron chi connectivity index (χ4n) is 5.52. The summed E-state index contributed by atoms with van der Waals surface area (Å²) in [5.41, 5.74) is 2.35. The molecule has 0 spiro atoms. The zero-order valence-corrected chi connectivity index (χ0v) is 20.8. The second-order valence-corrected chi connectivity index (χ2v) is 10.4. The molecule has 1 saturated carbocycles. The summed E-state index contributed by atoms with van der Waals surface area (Å²) in [6, 6.07) is 6.81. The Morgan fingerprint density at radius 2 is 1.94 bits per heavy atom. The summed E-state index contributed by atoms with van der Waals surface area (Å²) in [4.78, 5) is 42.8. The molecule has 188 valence electrons. The molecular formula is C26H32N8O2. The van der Waals surface area contributed by atoms with Crippen molar-refractivity contribution in [2.24, 2.45) is 0 Å². The third-order valence-electron chi connectivity index (χ3n) is 7.61. The molecule has 3 fully saturated rings. The van der Waals surface area contributed by atoms with Gasteiger partial charge in [-0.05, 0) is 50.3 Å². The molecule has 0 radical (unpaired) electrons. The predicted octanol–water partition coefficient (Wildman–Crippen LogP) is 2.90. The Morgan fingerprint density at radius 1 is 1.11 bits per heavy atom. The van der Waals surface area contributed by atoms with Crippen LogP contribution in [0.1, 0.15) is 55.1 Å². The van der Waals surface area contributed by atoms with E-state index in [-0.39, 0.29) is 17.7 Å². The number of ketones is 1. The quantitative estimate of drug-likeness (QED) is 0.565. The van der Waals surface area contributed by atoms with Gasteiger partial charge in [0.2, 0.25) is 5.95 Å². The molecule has 36 heavy (non-hydrogen) atoms. The third-order valence-corrected chi connectivity index (χ3v) is 7.61. The fraction of sp³-hybridized carbons (Fsp3) is 0.500. The van der Waals surface area contributed by atoms with E-state index in [0.717, 1.165) is 55.4 Å². The van der Waals surface area contributed by atoms with Crippen molar-refractivity contribution < 1.29 is 9.59 Å². The van der Waals surface area contributed by atoms with E-state index in [1.54, 1.807) is 31.4 Å². The molecular weight excluding hydrogens is 456 g/mol. The SMILES string of the molecule is CN(C)C(=O)c1cc2cnc(Nc3ccc(N4CC(=O)CC5CCC(C4)N5)cn3)nc2n1C1CCC1. The van der Waals surface area contributed by atoms with Gasteiger partial charge in [-0.15, -0.1) is 0 Å². The van der Waals surface area contributed by atoms with Gasteiger partial charge in [0.25, 0.3) is 5.91 Å². The number of hydrogen-bond donors (Lipinski definition) is 2. The lowest BCUT2D eigenvalue weighted by molar-refractivity contribution is -0.118. The number of hydrogen-bond acceptors (Lipinski definition) is 8. The van der Waals surface area contributed by atoms with E-state index in [0.29, 0.717) is 42.5 Å². The van der Waals surface area contributed by atoms with Crippen LogP contribution in [-0.4, -0.2) is 75.4 Å². The number of pyridine rings is 1. The van der Waals surface area contributed by atoms with E-state index in [1.807, 2.05) is 18.2 Å². The molecule has 3 aromatic heterocycles. The summed E-state index contributed by atoms with van der Waals surface area (Å²) in [6.07, 6.45) is 9.58. The minimum atomic E-state index is -0.0299. The number of carbonyl (C=O) groups is 2. The second-order valence-electron chi connectivity index (χ2n) is 10.4. The van der Waals surface area contributed by atoms with Crippen molar-refractivity contribution in [3.63, 3.8) is 0 Å². The summed E-state index contributed by atoms with van der Waals surface area (Å²) in [7, 11) is 3.53. The lowest BCUT2D eigenvalue weighted by Gasteiger charge is -2.30. The molecule has 2 atom stereocenters. The Bertz CT molecular complexity index is 1300. The molecule has 2 N–H and O–H groups in total. The number of anilines is 3. The van der Waals surface area contributed by atoms with Gasteiger partial charge in [-0.1, -0.05) is 0 Å². The van der Waals surface area contributed by atoms with Gasteiger partial charge in [0, 0.05) is 56.8 Å². The molecule has 1 aliphatic carbocycles. The number of fused-ring (bicyclic) bond motifs is 3. The highest BCUT2D eigenvalue weighted by molar-refractivity contribution is 5.98. The molecule has 10 nitrogen and oxygen atoms in total. The number of aromatic nitrogens is 4. The Morgan fingerprint density at radius 3 is 2.67 bits per heavy atom. The molecule has 10 heteroatoms. The van der Waals surface area contributed by atoms with E-state index in [9.17, 15) is 9.59 Å². The summed E-state index contributed by atoms with van der Waals surface area (Å²) in [5.74, 6) is 1.30. The normalized spacial score (nSPS) is 22.3. The van der Waals surface area contributed by atoms with Crippen LogP contribution < -0.4 is 15.5 Å². The van der Waals surface area contributed by atoms with Crippen molar-refractivity contribution in [3.05, 3.63) is 36.3 Å². The van der Waals surface area contributed by atoms with E-state index in [2.05, 4.69) is 30.1 Å².